The summed E-state index contributed by atoms with van der Waals surface area (Å²) in [5.74, 6) is -0.135. The number of rotatable bonds is 4. The Bertz CT molecular complexity index is 152. The smallest absolute Gasteiger partial charge is 0.230 e. The quantitative estimate of drug-likeness (QED) is 0.451. The summed E-state index contributed by atoms with van der Waals surface area (Å²) in [7, 11) is 0. The van der Waals surface area contributed by atoms with E-state index in [-0.39, 0.29) is 18.2 Å². The largest absolute Gasteiger partial charge is 0.387 e. The van der Waals surface area contributed by atoms with E-state index in [2.05, 4.69) is 0 Å². The first-order valence-electron chi connectivity index (χ1n) is 3.72. The van der Waals surface area contributed by atoms with Gasteiger partial charge in [0.05, 0.1) is 12.3 Å². The van der Waals surface area contributed by atoms with Gasteiger partial charge in [0.1, 0.15) is 0 Å². The Morgan fingerprint density at radius 2 is 1.91 bits per heavy atom. The molecule has 0 rings (SSSR count). The van der Waals surface area contributed by atoms with E-state index in [0.717, 1.165) is 0 Å². The molecule has 0 aromatic carbocycles. The molecule has 1 amide bonds. The number of carbonyl (C=O) groups excluding carboxylic acids is 1. The first-order chi connectivity index (χ1) is 5.11. The minimum Gasteiger partial charge on any atom is -0.387 e. The van der Waals surface area contributed by atoms with Crippen LogP contribution in [0.2, 0.25) is 0 Å². The van der Waals surface area contributed by atoms with Crippen molar-refractivity contribution < 1.29 is 4.79 Å². The topological polar surface area (TPSA) is 70.2 Å². The van der Waals surface area contributed by atoms with Crippen LogP contribution in [0.25, 0.3) is 0 Å². The summed E-state index contributed by atoms with van der Waals surface area (Å²) >= 11 is 0. The predicted octanol–water partition coefficient (Wildman–Crippen LogP) is 0.181. The third kappa shape index (κ3) is 3.60. The molecule has 0 bridgehead atoms. The summed E-state index contributed by atoms with van der Waals surface area (Å²) in [6, 6.07) is 0. The zero-order valence-corrected chi connectivity index (χ0v) is 7.05. The number of amides is 1. The van der Waals surface area contributed by atoms with E-state index in [1.165, 1.54) is 0 Å². The molecule has 0 spiro atoms. The zero-order valence-electron chi connectivity index (χ0n) is 7.05. The fourth-order valence-electron chi connectivity index (χ4n) is 0.851. The van der Waals surface area contributed by atoms with E-state index in [9.17, 15) is 4.79 Å². The lowest BCUT2D eigenvalue weighted by Crippen LogP contribution is -2.33. The number of hydrogen-bond acceptors (Lipinski definition) is 2. The molecule has 0 saturated carbocycles. The van der Waals surface area contributed by atoms with Crippen molar-refractivity contribution in [1.82, 2.24) is 4.90 Å². The van der Waals surface area contributed by atoms with Gasteiger partial charge in [-0.05, 0) is 13.8 Å². The van der Waals surface area contributed by atoms with Crippen molar-refractivity contribution in [2.24, 2.45) is 5.73 Å². The number of carbonyl (C=O) groups is 1. The Morgan fingerprint density at radius 3 is 2.18 bits per heavy atom. The maximum absolute atomic E-state index is 11.1. The van der Waals surface area contributed by atoms with Gasteiger partial charge >= 0.3 is 0 Å². The number of nitrogens with zero attached hydrogens (tertiary/aromatic N) is 1. The van der Waals surface area contributed by atoms with Crippen LogP contribution in [0.4, 0.5) is 0 Å². The van der Waals surface area contributed by atoms with Crippen molar-refractivity contribution in [3.05, 3.63) is 0 Å². The number of nitrogens with one attached hydrogen (secondary N) is 1. The van der Waals surface area contributed by atoms with Crippen molar-refractivity contribution in [3.8, 4) is 0 Å². The molecule has 0 radical (unpaired) electrons. The Labute approximate surface area is 66.9 Å². The van der Waals surface area contributed by atoms with Crippen molar-refractivity contribution in [2.45, 2.75) is 20.3 Å². The van der Waals surface area contributed by atoms with Gasteiger partial charge in [-0.15, -0.1) is 0 Å². The Kier molecular flexibility index (Phi) is 4.26. The molecular formula is C7H15N3O. The molecule has 11 heavy (non-hydrogen) atoms. The summed E-state index contributed by atoms with van der Waals surface area (Å²) in [5.41, 5.74) is 5.08. The molecule has 0 unspecified atom stereocenters. The predicted molar refractivity (Wildman–Crippen MR) is 44.5 cm³/mol. The Hall–Kier alpha value is -1.06. The molecule has 0 aliphatic rings. The molecule has 0 aliphatic heterocycles. The van der Waals surface area contributed by atoms with Gasteiger partial charge in [-0.1, -0.05) is 0 Å². The number of hydrogen-bond donors (Lipinski definition) is 2. The molecule has 0 heterocycles. The minimum atomic E-state index is -0.0677. The maximum Gasteiger partial charge on any atom is 0.230 e. The summed E-state index contributed by atoms with van der Waals surface area (Å²) in [6.45, 7) is 5.17. The first kappa shape index (κ1) is 9.94. The summed E-state index contributed by atoms with van der Waals surface area (Å²) in [4.78, 5) is 12.8. The van der Waals surface area contributed by atoms with Gasteiger partial charge in [-0.2, -0.15) is 0 Å². The molecule has 0 aromatic heterocycles. The molecule has 4 heteroatoms. The fraction of sp³-hybridized carbons (Fsp3) is 0.714. The molecule has 0 saturated heterocycles. The van der Waals surface area contributed by atoms with Crippen molar-refractivity contribution in [2.75, 3.05) is 13.1 Å². The monoisotopic (exact) mass is 157 g/mol. The summed E-state index contributed by atoms with van der Waals surface area (Å²) in [5, 5.41) is 6.90. The highest BCUT2D eigenvalue weighted by Gasteiger charge is 2.09. The molecule has 0 aliphatic carbocycles. The van der Waals surface area contributed by atoms with Gasteiger partial charge in [0.15, 0.2) is 0 Å². The van der Waals surface area contributed by atoms with E-state index in [0.29, 0.717) is 13.1 Å². The van der Waals surface area contributed by atoms with Gasteiger partial charge in [0, 0.05) is 13.1 Å². The van der Waals surface area contributed by atoms with Crippen molar-refractivity contribution in [3.63, 3.8) is 0 Å². The molecule has 0 aromatic rings. The molecule has 4 nitrogen and oxygen atoms in total. The van der Waals surface area contributed by atoms with Crippen molar-refractivity contribution >= 4 is 11.7 Å². The highest BCUT2D eigenvalue weighted by atomic mass is 16.2. The van der Waals surface area contributed by atoms with Crippen LogP contribution in [0, 0.1) is 5.41 Å². The Morgan fingerprint density at radius 1 is 1.45 bits per heavy atom. The molecule has 3 N–H and O–H groups in total. The Balaban J connectivity index is 3.89. The lowest BCUT2D eigenvalue weighted by Gasteiger charge is -2.17. The van der Waals surface area contributed by atoms with Crippen LogP contribution in [-0.2, 0) is 4.79 Å². The third-order valence-electron chi connectivity index (χ3n) is 1.46. The van der Waals surface area contributed by atoms with Crippen LogP contribution in [0.5, 0.6) is 0 Å². The van der Waals surface area contributed by atoms with Crippen LogP contribution in [-0.4, -0.2) is 29.7 Å². The summed E-state index contributed by atoms with van der Waals surface area (Å²) in [6.07, 6.45) is 0.0433. The average Bonchev–Trinajstić information content (AvgIpc) is 1.88. The minimum absolute atomic E-state index is 0.0433. The maximum atomic E-state index is 11.1. The van der Waals surface area contributed by atoms with Crippen LogP contribution in [0.3, 0.4) is 0 Å². The highest BCUT2D eigenvalue weighted by Crippen LogP contribution is 1.92. The molecule has 64 valence electrons. The SMILES string of the molecule is CCN(CC)C(=O)CC(=N)N. The second kappa shape index (κ2) is 4.71. The number of amidine groups is 1. The normalized spacial score (nSPS) is 9.27. The van der Waals surface area contributed by atoms with E-state index in [4.69, 9.17) is 11.1 Å². The van der Waals surface area contributed by atoms with Gasteiger partial charge in [-0.25, -0.2) is 0 Å². The highest BCUT2D eigenvalue weighted by molar-refractivity contribution is 5.97. The summed E-state index contributed by atoms with van der Waals surface area (Å²) < 4.78 is 0. The van der Waals surface area contributed by atoms with Gasteiger partial charge in [0.2, 0.25) is 5.91 Å². The fourth-order valence-corrected chi connectivity index (χ4v) is 0.851. The van der Waals surface area contributed by atoms with Crippen LogP contribution < -0.4 is 5.73 Å². The van der Waals surface area contributed by atoms with Gasteiger partial charge in [-0.3, -0.25) is 10.2 Å². The standard InChI is InChI=1S/C7H15N3O/c1-3-10(4-2)7(11)5-6(8)9/h3-5H2,1-2H3,(H3,8,9). The second-order valence-electron chi connectivity index (χ2n) is 2.27. The van der Waals surface area contributed by atoms with Crippen LogP contribution in [0.1, 0.15) is 20.3 Å². The average molecular weight is 157 g/mol. The first-order valence-corrected chi connectivity index (χ1v) is 3.72. The lowest BCUT2D eigenvalue weighted by molar-refractivity contribution is -0.129. The zero-order chi connectivity index (χ0) is 8.85. The molecule has 0 atom stereocenters. The van der Waals surface area contributed by atoms with E-state index < -0.39 is 0 Å². The second-order valence-corrected chi connectivity index (χ2v) is 2.27. The third-order valence-corrected chi connectivity index (χ3v) is 1.46. The lowest BCUT2D eigenvalue weighted by atomic mass is 10.3. The van der Waals surface area contributed by atoms with E-state index >= 15 is 0 Å². The molecule has 0 fully saturated rings. The van der Waals surface area contributed by atoms with Crippen LogP contribution in [0.15, 0.2) is 0 Å². The molecular weight excluding hydrogens is 142 g/mol. The van der Waals surface area contributed by atoms with Gasteiger partial charge in [0.25, 0.3) is 0 Å². The van der Waals surface area contributed by atoms with Gasteiger partial charge < -0.3 is 10.6 Å². The van der Waals surface area contributed by atoms with Crippen LogP contribution >= 0.6 is 0 Å². The van der Waals surface area contributed by atoms with E-state index in [1.807, 2.05) is 13.8 Å². The van der Waals surface area contributed by atoms with E-state index in [1.54, 1.807) is 4.90 Å². The van der Waals surface area contributed by atoms with Crippen molar-refractivity contribution in [1.29, 1.82) is 5.41 Å². The number of nitrogens with two attached hydrogens (primary N) is 1.